The summed E-state index contributed by atoms with van der Waals surface area (Å²) < 4.78 is 7.41. The predicted molar refractivity (Wildman–Crippen MR) is 82.2 cm³/mol. The van der Waals surface area contributed by atoms with Crippen molar-refractivity contribution >= 4 is 11.0 Å². The topological polar surface area (TPSA) is 68.8 Å². The number of imidazole rings is 1. The molecule has 1 saturated carbocycles. The van der Waals surface area contributed by atoms with E-state index in [4.69, 9.17) is 9.51 Å². The first-order chi connectivity index (χ1) is 10.7. The first-order valence-electron chi connectivity index (χ1n) is 7.69. The highest BCUT2D eigenvalue weighted by Gasteiger charge is 2.28. The largest absolute Gasteiger partial charge is 0.338 e. The van der Waals surface area contributed by atoms with Crippen molar-refractivity contribution in [3.63, 3.8) is 0 Å². The summed E-state index contributed by atoms with van der Waals surface area (Å²) >= 11 is 0. The van der Waals surface area contributed by atoms with Crippen molar-refractivity contribution in [1.29, 1.82) is 0 Å². The zero-order valence-corrected chi connectivity index (χ0v) is 12.8. The van der Waals surface area contributed by atoms with Crippen LogP contribution in [0.3, 0.4) is 0 Å². The second-order valence-corrected chi connectivity index (χ2v) is 5.94. The number of hydrogen-bond donors (Lipinski definition) is 1. The van der Waals surface area contributed by atoms with Crippen LogP contribution in [0.1, 0.15) is 49.3 Å². The fourth-order valence-corrected chi connectivity index (χ4v) is 2.73. The van der Waals surface area contributed by atoms with Gasteiger partial charge >= 0.3 is 0 Å². The normalized spacial score (nSPS) is 16.3. The Morgan fingerprint density at radius 2 is 2.14 bits per heavy atom. The van der Waals surface area contributed by atoms with Crippen LogP contribution in [0.4, 0.5) is 0 Å². The van der Waals surface area contributed by atoms with Crippen LogP contribution in [0.5, 0.6) is 0 Å². The van der Waals surface area contributed by atoms with E-state index in [0.717, 1.165) is 22.7 Å². The highest BCUT2D eigenvalue weighted by Crippen LogP contribution is 2.38. The fraction of sp³-hybridized carbons (Fsp3) is 0.438. The Hall–Kier alpha value is -2.21. The lowest BCUT2D eigenvalue weighted by molar-refractivity contribution is 0.354. The summed E-state index contributed by atoms with van der Waals surface area (Å²) in [5, 5.41) is 7.44. The summed E-state index contributed by atoms with van der Waals surface area (Å²) in [4.78, 5) is 9.14. The second-order valence-electron chi connectivity index (χ2n) is 5.94. The monoisotopic (exact) mass is 297 g/mol. The average Bonchev–Trinajstić information content (AvgIpc) is 3.19. The maximum Gasteiger partial charge on any atom is 0.240 e. The molecular formula is C16H19N5O. The van der Waals surface area contributed by atoms with Crippen molar-refractivity contribution < 1.29 is 4.52 Å². The second kappa shape index (κ2) is 5.21. The molecule has 6 nitrogen and oxygen atoms in total. The molecule has 0 radical (unpaired) electrons. The van der Waals surface area contributed by atoms with Gasteiger partial charge in [-0.3, -0.25) is 5.32 Å². The van der Waals surface area contributed by atoms with Gasteiger partial charge in [-0.2, -0.15) is 4.98 Å². The first kappa shape index (κ1) is 13.5. The molecule has 2 aromatic heterocycles. The van der Waals surface area contributed by atoms with Crippen molar-refractivity contribution in [3.05, 3.63) is 41.8 Å². The molecule has 2 heterocycles. The molecule has 22 heavy (non-hydrogen) atoms. The Kier molecular flexibility index (Phi) is 3.18. The van der Waals surface area contributed by atoms with Gasteiger partial charge in [0.25, 0.3) is 0 Å². The lowest BCUT2D eigenvalue weighted by Crippen LogP contribution is -2.21. The molecule has 3 aromatic rings. The van der Waals surface area contributed by atoms with Gasteiger partial charge in [-0.25, -0.2) is 4.98 Å². The summed E-state index contributed by atoms with van der Waals surface area (Å²) in [5.74, 6) is 3.03. The Bertz CT molecular complexity index is 802. The molecule has 0 amide bonds. The van der Waals surface area contributed by atoms with Gasteiger partial charge in [-0.05, 0) is 31.9 Å². The van der Waals surface area contributed by atoms with E-state index in [9.17, 15) is 0 Å². The zero-order chi connectivity index (χ0) is 15.1. The van der Waals surface area contributed by atoms with Gasteiger partial charge in [-0.1, -0.05) is 17.3 Å². The third-order valence-corrected chi connectivity index (χ3v) is 4.19. The average molecular weight is 297 g/mol. The minimum absolute atomic E-state index is 0.105. The lowest BCUT2D eigenvalue weighted by Gasteiger charge is -2.12. The number of fused-ring (bicyclic) bond motifs is 1. The highest BCUT2D eigenvalue weighted by molar-refractivity contribution is 5.75. The molecule has 1 aromatic carbocycles. The number of hydrogen-bond acceptors (Lipinski definition) is 5. The molecule has 6 heteroatoms. The van der Waals surface area contributed by atoms with E-state index in [2.05, 4.69) is 33.0 Å². The van der Waals surface area contributed by atoms with Gasteiger partial charge in [0.1, 0.15) is 5.82 Å². The molecule has 0 bridgehead atoms. The molecule has 114 valence electrons. The van der Waals surface area contributed by atoms with Gasteiger partial charge < -0.3 is 9.09 Å². The molecule has 4 rings (SSSR count). The van der Waals surface area contributed by atoms with Crippen LogP contribution in [0.2, 0.25) is 0 Å². The van der Waals surface area contributed by atoms with Crippen LogP contribution in [0, 0.1) is 0 Å². The van der Waals surface area contributed by atoms with Crippen molar-refractivity contribution in [2.24, 2.45) is 7.05 Å². The number of benzene rings is 1. The smallest absolute Gasteiger partial charge is 0.240 e. The molecule has 1 N–H and O–H groups in total. The lowest BCUT2D eigenvalue weighted by atomic mass is 10.3. The maximum absolute atomic E-state index is 5.29. The van der Waals surface area contributed by atoms with Crippen molar-refractivity contribution in [3.8, 4) is 0 Å². The molecule has 1 aliphatic carbocycles. The molecule has 0 spiro atoms. The van der Waals surface area contributed by atoms with E-state index in [1.165, 1.54) is 12.8 Å². The fourth-order valence-electron chi connectivity index (χ4n) is 2.73. The highest BCUT2D eigenvalue weighted by atomic mass is 16.5. The standard InChI is InChI=1S/C16H19N5O/c1-10(16-18-12-5-3-4-6-13(12)21(16)2)17-9-14-19-15(20-22-14)11-7-8-11/h3-6,10-11,17H,7-9H2,1-2H3/t10-/m1/s1. The zero-order valence-electron chi connectivity index (χ0n) is 12.8. The van der Waals surface area contributed by atoms with E-state index in [0.29, 0.717) is 18.4 Å². The molecule has 1 atom stereocenters. The van der Waals surface area contributed by atoms with Crippen molar-refractivity contribution in [2.75, 3.05) is 0 Å². The van der Waals surface area contributed by atoms with Gasteiger partial charge in [0, 0.05) is 13.0 Å². The molecule has 1 aliphatic rings. The number of nitrogens with zero attached hydrogens (tertiary/aromatic N) is 4. The third kappa shape index (κ3) is 2.39. The van der Waals surface area contributed by atoms with Crippen LogP contribution in [-0.2, 0) is 13.6 Å². The molecular weight excluding hydrogens is 278 g/mol. The SMILES string of the molecule is C[C@@H](NCc1nc(C2CC2)no1)c1nc2ccccc2n1C. The number of aromatic nitrogens is 4. The van der Waals surface area contributed by atoms with E-state index in [1.54, 1.807) is 0 Å². The van der Waals surface area contributed by atoms with Crippen LogP contribution < -0.4 is 5.32 Å². The number of nitrogens with one attached hydrogen (secondary N) is 1. The van der Waals surface area contributed by atoms with Crippen LogP contribution in [0.25, 0.3) is 11.0 Å². The molecule has 0 saturated heterocycles. The summed E-state index contributed by atoms with van der Waals surface area (Å²) in [7, 11) is 2.04. The quantitative estimate of drug-likeness (QED) is 0.784. The van der Waals surface area contributed by atoms with E-state index in [1.807, 2.05) is 25.2 Å². The van der Waals surface area contributed by atoms with Crippen LogP contribution in [0.15, 0.2) is 28.8 Å². The number of aryl methyl sites for hydroxylation is 1. The summed E-state index contributed by atoms with van der Waals surface area (Å²) in [6, 6.07) is 8.26. The molecule has 0 aliphatic heterocycles. The van der Waals surface area contributed by atoms with E-state index < -0.39 is 0 Å². The van der Waals surface area contributed by atoms with Crippen molar-refractivity contribution in [2.45, 2.75) is 38.3 Å². The Balaban J connectivity index is 1.48. The molecule has 0 unspecified atom stereocenters. The Morgan fingerprint density at radius 3 is 2.91 bits per heavy atom. The van der Waals surface area contributed by atoms with Gasteiger partial charge in [0.2, 0.25) is 5.89 Å². The third-order valence-electron chi connectivity index (χ3n) is 4.19. The van der Waals surface area contributed by atoms with Crippen molar-refractivity contribution in [1.82, 2.24) is 25.0 Å². The summed E-state index contributed by atoms with van der Waals surface area (Å²) in [5.41, 5.74) is 2.16. The van der Waals surface area contributed by atoms with E-state index >= 15 is 0 Å². The summed E-state index contributed by atoms with van der Waals surface area (Å²) in [6.07, 6.45) is 2.37. The Labute approximate surface area is 128 Å². The van der Waals surface area contributed by atoms with Gasteiger partial charge in [0.05, 0.1) is 23.6 Å². The van der Waals surface area contributed by atoms with Gasteiger partial charge in [-0.15, -0.1) is 0 Å². The number of rotatable bonds is 5. The van der Waals surface area contributed by atoms with Crippen LogP contribution in [-0.4, -0.2) is 19.7 Å². The Morgan fingerprint density at radius 1 is 1.32 bits per heavy atom. The summed E-state index contributed by atoms with van der Waals surface area (Å²) in [6.45, 7) is 2.66. The maximum atomic E-state index is 5.29. The minimum Gasteiger partial charge on any atom is -0.338 e. The number of para-hydroxylation sites is 2. The first-order valence-corrected chi connectivity index (χ1v) is 7.69. The minimum atomic E-state index is 0.105. The molecule has 1 fully saturated rings. The predicted octanol–water partition coefficient (Wildman–Crippen LogP) is 2.68. The van der Waals surface area contributed by atoms with Gasteiger partial charge in [0.15, 0.2) is 5.82 Å². The van der Waals surface area contributed by atoms with Crippen LogP contribution >= 0.6 is 0 Å². The van der Waals surface area contributed by atoms with E-state index in [-0.39, 0.29) is 6.04 Å².